The van der Waals surface area contributed by atoms with Gasteiger partial charge in [0.2, 0.25) is 0 Å². The van der Waals surface area contributed by atoms with Crippen LogP contribution >= 0.6 is 11.8 Å². The zero-order valence-corrected chi connectivity index (χ0v) is 6.84. The molecular formula is C6H11N3S. The second-order valence-corrected chi connectivity index (χ2v) is 3.25. The summed E-state index contributed by atoms with van der Waals surface area (Å²) in [4.78, 5) is 3.84. The highest BCUT2D eigenvalue weighted by Gasteiger charge is 1.88. The Morgan fingerprint density at radius 3 is 3.10 bits per heavy atom. The van der Waals surface area contributed by atoms with Crippen LogP contribution in [-0.4, -0.2) is 26.3 Å². The Bertz CT molecular complexity index is 162. The summed E-state index contributed by atoms with van der Waals surface area (Å²) in [7, 11) is 0. The molecule has 56 valence electrons. The van der Waals surface area contributed by atoms with Gasteiger partial charge in [0.15, 0.2) is 0 Å². The van der Waals surface area contributed by atoms with Crippen LogP contribution in [0.5, 0.6) is 0 Å². The Hall–Kier alpha value is -0.510. The van der Waals surface area contributed by atoms with Crippen LogP contribution in [0.1, 0.15) is 6.92 Å². The van der Waals surface area contributed by atoms with Gasteiger partial charge in [0.05, 0.1) is 6.54 Å². The maximum absolute atomic E-state index is 3.98. The molecule has 3 nitrogen and oxygen atoms in total. The van der Waals surface area contributed by atoms with Crippen LogP contribution < -0.4 is 0 Å². The molecule has 0 fully saturated rings. The number of aromatic nitrogens is 3. The van der Waals surface area contributed by atoms with Gasteiger partial charge in [-0.25, -0.2) is 4.98 Å². The number of hydrogen-bond donors (Lipinski definition) is 0. The van der Waals surface area contributed by atoms with Crippen molar-refractivity contribution >= 4 is 11.8 Å². The van der Waals surface area contributed by atoms with E-state index in [9.17, 15) is 0 Å². The minimum Gasteiger partial charge on any atom is -0.252 e. The SMILES string of the molecule is CCSCCn1cncn1. The summed E-state index contributed by atoms with van der Waals surface area (Å²) in [5, 5.41) is 3.98. The number of aryl methyl sites for hydroxylation is 1. The van der Waals surface area contributed by atoms with E-state index in [4.69, 9.17) is 0 Å². The van der Waals surface area contributed by atoms with E-state index in [0.29, 0.717) is 0 Å². The van der Waals surface area contributed by atoms with Gasteiger partial charge < -0.3 is 0 Å². The summed E-state index contributed by atoms with van der Waals surface area (Å²) in [6.07, 6.45) is 3.31. The van der Waals surface area contributed by atoms with Gasteiger partial charge in [0, 0.05) is 5.75 Å². The van der Waals surface area contributed by atoms with Crippen LogP contribution in [-0.2, 0) is 6.54 Å². The Kier molecular flexibility index (Phi) is 3.29. The molecule has 0 aromatic carbocycles. The molecule has 0 saturated carbocycles. The van der Waals surface area contributed by atoms with Gasteiger partial charge in [-0.2, -0.15) is 16.9 Å². The summed E-state index contributed by atoms with van der Waals surface area (Å²) < 4.78 is 1.85. The number of nitrogens with zero attached hydrogens (tertiary/aromatic N) is 3. The van der Waals surface area contributed by atoms with Crippen LogP contribution in [0.4, 0.5) is 0 Å². The highest BCUT2D eigenvalue weighted by atomic mass is 32.2. The van der Waals surface area contributed by atoms with E-state index < -0.39 is 0 Å². The lowest BCUT2D eigenvalue weighted by molar-refractivity contribution is 0.664. The molecule has 4 heteroatoms. The standard InChI is InChI=1S/C6H11N3S/c1-2-10-4-3-9-6-7-5-8-9/h5-6H,2-4H2,1H3. The van der Waals surface area contributed by atoms with E-state index in [1.165, 1.54) is 5.75 Å². The number of thioether (sulfide) groups is 1. The average molecular weight is 157 g/mol. The smallest absolute Gasteiger partial charge is 0.137 e. The molecule has 1 aromatic rings. The second-order valence-electron chi connectivity index (χ2n) is 1.86. The van der Waals surface area contributed by atoms with E-state index in [-0.39, 0.29) is 0 Å². The molecule has 10 heavy (non-hydrogen) atoms. The van der Waals surface area contributed by atoms with Crippen molar-refractivity contribution in [1.82, 2.24) is 14.8 Å². The van der Waals surface area contributed by atoms with Crippen LogP contribution in [0, 0.1) is 0 Å². The van der Waals surface area contributed by atoms with Crippen molar-refractivity contribution in [2.45, 2.75) is 13.5 Å². The van der Waals surface area contributed by atoms with Crippen molar-refractivity contribution in [3.63, 3.8) is 0 Å². The molecule has 0 aliphatic heterocycles. The van der Waals surface area contributed by atoms with Crippen molar-refractivity contribution in [2.24, 2.45) is 0 Å². The van der Waals surface area contributed by atoms with Gasteiger partial charge in [-0.1, -0.05) is 6.92 Å². The number of hydrogen-bond acceptors (Lipinski definition) is 3. The summed E-state index contributed by atoms with van der Waals surface area (Å²) >= 11 is 1.92. The van der Waals surface area contributed by atoms with E-state index >= 15 is 0 Å². The first kappa shape index (κ1) is 7.60. The third kappa shape index (κ3) is 2.39. The largest absolute Gasteiger partial charge is 0.252 e. The third-order valence-corrected chi connectivity index (χ3v) is 2.01. The average Bonchev–Trinajstić information content (AvgIpc) is 2.41. The maximum Gasteiger partial charge on any atom is 0.137 e. The first-order valence-electron chi connectivity index (χ1n) is 3.33. The van der Waals surface area contributed by atoms with Crippen LogP contribution in [0.25, 0.3) is 0 Å². The second kappa shape index (κ2) is 4.33. The minimum absolute atomic E-state index is 0.971. The van der Waals surface area contributed by atoms with Gasteiger partial charge in [-0.05, 0) is 5.75 Å². The molecular weight excluding hydrogens is 146 g/mol. The summed E-state index contributed by atoms with van der Waals surface area (Å²) in [6, 6.07) is 0. The molecule has 0 bridgehead atoms. The van der Waals surface area contributed by atoms with Crippen molar-refractivity contribution in [3.05, 3.63) is 12.7 Å². The highest BCUT2D eigenvalue weighted by molar-refractivity contribution is 7.99. The minimum atomic E-state index is 0.971. The predicted octanol–water partition coefficient (Wildman–Crippen LogP) is 1.03. The molecule has 0 N–H and O–H groups in total. The lowest BCUT2D eigenvalue weighted by Gasteiger charge is -1.96. The fourth-order valence-corrected chi connectivity index (χ4v) is 1.26. The van der Waals surface area contributed by atoms with Gasteiger partial charge in [-0.3, -0.25) is 4.68 Å². The fourth-order valence-electron chi connectivity index (χ4n) is 0.651. The molecule has 0 aliphatic rings. The van der Waals surface area contributed by atoms with Crippen LogP contribution in [0.15, 0.2) is 12.7 Å². The Labute approximate surface area is 64.8 Å². The quantitative estimate of drug-likeness (QED) is 0.612. The highest BCUT2D eigenvalue weighted by Crippen LogP contribution is 1.98. The van der Waals surface area contributed by atoms with Crippen molar-refractivity contribution < 1.29 is 0 Å². The molecule has 0 spiro atoms. The Morgan fingerprint density at radius 1 is 1.60 bits per heavy atom. The number of rotatable bonds is 4. The molecule has 0 radical (unpaired) electrons. The van der Waals surface area contributed by atoms with Crippen molar-refractivity contribution in [3.8, 4) is 0 Å². The molecule has 1 heterocycles. The third-order valence-electron chi connectivity index (χ3n) is 1.14. The Balaban J connectivity index is 2.15. The van der Waals surface area contributed by atoms with Gasteiger partial charge in [0.25, 0.3) is 0 Å². The monoisotopic (exact) mass is 157 g/mol. The summed E-state index contributed by atoms with van der Waals surface area (Å²) in [6.45, 7) is 3.13. The lowest BCUT2D eigenvalue weighted by Crippen LogP contribution is -2.00. The molecule has 0 amide bonds. The first-order chi connectivity index (χ1) is 4.93. The van der Waals surface area contributed by atoms with Crippen LogP contribution in [0.3, 0.4) is 0 Å². The van der Waals surface area contributed by atoms with Gasteiger partial charge in [-0.15, -0.1) is 0 Å². The zero-order valence-electron chi connectivity index (χ0n) is 6.03. The van der Waals surface area contributed by atoms with E-state index in [1.807, 2.05) is 16.4 Å². The van der Waals surface area contributed by atoms with E-state index in [2.05, 4.69) is 17.0 Å². The molecule has 0 aliphatic carbocycles. The topological polar surface area (TPSA) is 30.7 Å². The fraction of sp³-hybridized carbons (Fsp3) is 0.667. The lowest BCUT2D eigenvalue weighted by atomic mass is 10.8. The maximum atomic E-state index is 3.98. The normalized spacial score (nSPS) is 10.1. The van der Waals surface area contributed by atoms with Gasteiger partial charge >= 0.3 is 0 Å². The zero-order chi connectivity index (χ0) is 7.23. The van der Waals surface area contributed by atoms with E-state index in [1.54, 1.807) is 12.7 Å². The molecule has 0 unspecified atom stereocenters. The molecule has 0 atom stereocenters. The van der Waals surface area contributed by atoms with Crippen molar-refractivity contribution in [1.29, 1.82) is 0 Å². The first-order valence-corrected chi connectivity index (χ1v) is 4.49. The Morgan fingerprint density at radius 2 is 2.50 bits per heavy atom. The van der Waals surface area contributed by atoms with E-state index in [0.717, 1.165) is 12.3 Å². The molecule has 1 rings (SSSR count). The molecule has 0 saturated heterocycles. The predicted molar refractivity (Wildman–Crippen MR) is 43.0 cm³/mol. The van der Waals surface area contributed by atoms with Crippen molar-refractivity contribution in [2.75, 3.05) is 11.5 Å². The summed E-state index contributed by atoms with van der Waals surface area (Å²) in [5.41, 5.74) is 0. The summed E-state index contributed by atoms with van der Waals surface area (Å²) in [5.74, 6) is 2.30. The van der Waals surface area contributed by atoms with Crippen LogP contribution in [0.2, 0.25) is 0 Å². The molecule has 1 aromatic heterocycles. The van der Waals surface area contributed by atoms with Gasteiger partial charge in [0.1, 0.15) is 12.7 Å².